The van der Waals surface area contributed by atoms with Crippen LogP contribution in [0, 0.1) is 12.3 Å². The second kappa shape index (κ2) is 5.19. The number of benzene rings is 2. The van der Waals surface area contributed by atoms with Crippen molar-refractivity contribution >= 4 is 17.8 Å². The summed E-state index contributed by atoms with van der Waals surface area (Å²) in [6.07, 6.45) is 5.23. The fourth-order valence-corrected chi connectivity index (χ4v) is 2.09. The van der Waals surface area contributed by atoms with Crippen LogP contribution in [-0.2, 0) is 4.84 Å². The second-order valence-corrected chi connectivity index (χ2v) is 4.55. The molecule has 0 atom stereocenters. The average Bonchev–Trinajstić information content (AvgIpc) is 2.80. The SMILES string of the molecule is C#Cc1ccc(C(=O)ON2C(=O)c3ccccc3C2=O)cc1. The Morgan fingerprint density at radius 2 is 1.50 bits per heavy atom. The molecule has 0 saturated heterocycles. The number of amides is 2. The average molecular weight is 291 g/mol. The van der Waals surface area contributed by atoms with E-state index in [0.717, 1.165) is 0 Å². The maximum Gasteiger partial charge on any atom is 0.363 e. The van der Waals surface area contributed by atoms with Crippen LogP contribution in [0.4, 0.5) is 0 Å². The van der Waals surface area contributed by atoms with Crippen LogP contribution in [0.5, 0.6) is 0 Å². The minimum absolute atomic E-state index is 0.190. The summed E-state index contributed by atoms with van der Waals surface area (Å²) in [5, 5.41) is 0.474. The summed E-state index contributed by atoms with van der Waals surface area (Å²) in [6, 6.07) is 12.3. The van der Waals surface area contributed by atoms with Crippen molar-refractivity contribution in [2.75, 3.05) is 0 Å². The summed E-state index contributed by atoms with van der Waals surface area (Å²) in [7, 11) is 0. The van der Waals surface area contributed by atoms with Crippen molar-refractivity contribution in [3.05, 3.63) is 70.8 Å². The minimum atomic E-state index is -0.807. The third-order valence-electron chi connectivity index (χ3n) is 3.22. The summed E-state index contributed by atoms with van der Waals surface area (Å²) < 4.78 is 0. The zero-order chi connectivity index (χ0) is 15.7. The van der Waals surface area contributed by atoms with E-state index < -0.39 is 17.8 Å². The largest absolute Gasteiger partial charge is 0.363 e. The lowest BCUT2D eigenvalue weighted by Gasteiger charge is -2.12. The summed E-state index contributed by atoms with van der Waals surface area (Å²) in [5.41, 5.74) is 1.22. The number of hydrogen-bond acceptors (Lipinski definition) is 4. The van der Waals surface area contributed by atoms with Gasteiger partial charge >= 0.3 is 5.97 Å². The second-order valence-electron chi connectivity index (χ2n) is 4.55. The number of nitrogens with zero attached hydrogens (tertiary/aromatic N) is 1. The van der Waals surface area contributed by atoms with E-state index >= 15 is 0 Å². The Morgan fingerprint density at radius 1 is 0.955 bits per heavy atom. The number of terminal acetylenes is 1. The molecule has 3 rings (SSSR count). The highest BCUT2D eigenvalue weighted by Gasteiger charge is 2.38. The minimum Gasteiger partial charge on any atom is -0.324 e. The van der Waals surface area contributed by atoms with E-state index in [-0.39, 0.29) is 16.7 Å². The number of hydroxylamine groups is 2. The van der Waals surface area contributed by atoms with Gasteiger partial charge in [0.1, 0.15) is 0 Å². The Balaban J connectivity index is 1.82. The third-order valence-corrected chi connectivity index (χ3v) is 3.22. The molecule has 22 heavy (non-hydrogen) atoms. The van der Waals surface area contributed by atoms with Crippen molar-refractivity contribution in [1.29, 1.82) is 0 Å². The zero-order valence-corrected chi connectivity index (χ0v) is 11.3. The van der Waals surface area contributed by atoms with Crippen LogP contribution in [0.1, 0.15) is 36.6 Å². The van der Waals surface area contributed by atoms with Gasteiger partial charge in [-0.2, -0.15) is 0 Å². The topological polar surface area (TPSA) is 63.7 Å². The molecule has 0 spiro atoms. The van der Waals surface area contributed by atoms with Crippen LogP contribution in [0.3, 0.4) is 0 Å². The van der Waals surface area contributed by atoms with Crippen molar-refractivity contribution in [2.45, 2.75) is 0 Å². The van der Waals surface area contributed by atoms with Crippen molar-refractivity contribution in [2.24, 2.45) is 0 Å². The maximum atomic E-state index is 12.1. The molecule has 0 radical (unpaired) electrons. The molecule has 2 amide bonds. The van der Waals surface area contributed by atoms with E-state index in [1.807, 2.05) is 0 Å². The summed E-state index contributed by atoms with van der Waals surface area (Å²) >= 11 is 0. The quantitative estimate of drug-likeness (QED) is 0.627. The van der Waals surface area contributed by atoms with E-state index in [9.17, 15) is 14.4 Å². The lowest BCUT2D eigenvalue weighted by molar-refractivity contribution is -0.0584. The molecule has 5 nitrogen and oxygen atoms in total. The first-order valence-electron chi connectivity index (χ1n) is 6.38. The number of carbonyl (C=O) groups excluding carboxylic acids is 3. The highest BCUT2D eigenvalue weighted by molar-refractivity contribution is 6.21. The highest BCUT2D eigenvalue weighted by Crippen LogP contribution is 2.23. The van der Waals surface area contributed by atoms with Gasteiger partial charge in [0.2, 0.25) is 0 Å². The van der Waals surface area contributed by atoms with Gasteiger partial charge in [-0.15, -0.1) is 6.42 Å². The normalized spacial score (nSPS) is 12.8. The first-order chi connectivity index (χ1) is 10.6. The van der Waals surface area contributed by atoms with E-state index in [1.54, 1.807) is 24.3 Å². The van der Waals surface area contributed by atoms with E-state index in [1.165, 1.54) is 24.3 Å². The van der Waals surface area contributed by atoms with Crippen molar-refractivity contribution in [3.63, 3.8) is 0 Å². The molecule has 1 aliphatic heterocycles. The van der Waals surface area contributed by atoms with Gasteiger partial charge in [0.05, 0.1) is 16.7 Å². The van der Waals surface area contributed by atoms with Gasteiger partial charge < -0.3 is 4.84 Å². The van der Waals surface area contributed by atoms with Gasteiger partial charge in [0, 0.05) is 5.56 Å². The van der Waals surface area contributed by atoms with Crippen LogP contribution < -0.4 is 0 Å². The van der Waals surface area contributed by atoms with Crippen molar-refractivity contribution in [1.82, 2.24) is 5.06 Å². The lowest BCUT2D eigenvalue weighted by Crippen LogP contribution is -2.32. The Kier molecular flexibility index (Phi) is 3.20. The molecule has 0 unspecified atom stereocenters. The van der Waals surface area contributed by atoms with Gasteiger partial charge in [-0.1, -0.05) is 23.1 Å². The maximum absolute atomic E-state index is 12.1. The van der Waals surface area contributed by atoms with Crippen molar-refractivity contribution < 1.29 is 19.2 Å². The molecule has 0 saturated carbocycles. The zero-order valence-electron chi connectivity index (χ0n) is 11.3. The number of imide groups is 1. The fraction of sp³-hybridized carbons (Fsp3) is 0. The van der Waals surface area contributed by atoms with E-state index in [4.69, 9.17) is 11.3 Å². The fourth-order valence-electron chi connectivity index (χ4n) is 2.09. The van der Waals surface area contributed by atoms with Crippen LogP contribution in [0.15, 0.2) is 48.5 Å². The smallest absolute Gasteiger partial charge is 0.324 e. The molecule has 2 aromatic carbocycles. The highest BCUT2D eigenvalue weighted by atomic mass is 16.7. The van der Waals surface area contributed by atoms with Crippen LogP contribution in [0.2, 0.25) is 0 Å². The summed E-state index contributed by atoms with van der Waals surface area (Å²) in [5.74, 6) is 0.298. The first kappa shape index (κ1) is 13.6. The molecule has 106 valence electrons. The predicted octanol–water partition coefficient (Wildman–Crippen LogP) is 2.04. The Bertz CT molecular complexity index is 795. The van der Waals surface area contributed by atoms with E-state index in [2.05, 4.69) is 5.92 Å². The number of fused-ring (bicyclic) bond motifs is 1. The molecule has 0 aliphatic carbocycles. The Hall–Kier alpha value is -3.39. The molecule has 0 N–H and O–H groups in total. The first-order valence-corrected chi connectivity index (χ1v) is 6.38. The van der Waals surface area contributed by atoms with Crippen molar-refractivity contribution in [3.8, 4) is 12.3 Å². The lowest BCUT2D eigenvalue weighted by atomic mass is 10.1. The number of hydrogen-bond donors (Lipinski definition) is 0. The standard InChI is InChI=1S/C17H9NO4/c1-2-11-7-9-12(10-8-11)17(21)22-18-15(19)13-5-3-4-6-14(13)16(18)20/h1,3-10H. The monoisotopic (exact) mass is 291 g/mol. The van der Waals surface area contributed by atoms with E-state index in [0.29, 0.717) is 10.6 Å². The van der Waals surface area contributed by atoms with Gasteiger partial charge in [0.15, 0.2) is 0 Å². The van der Waals surface area contributed by atoms with Crippen LogP contribution >= 0.6 is 0 Å². The summed E-state index contributed by atoms with van der Waals surface area (Å²) in [6.45, 7) is 0. The van der Waals surface area contributed by atoms with Crippen LogP contribution in [-0.4, -0.2) is 22.8 Å². The Labute approximate surface area is 126 Å². The molecular formula is C17H9NO4. The molecular weight excluding hydrogens is 282 g/mol. The number of carbonyl (C=O) groups is 3. The predicted molar refractivity (Wildman–Crippen MR) is 76.7 cm³/mol. The number of rotatable bonds is 2. The molecule has 2 aromatic rings. The van der Waals surface area contributed by atoms with Gasteiger partial charge in [0.25, 0.3) is 11.8 Å². The van der Waals surface area contributed by atoms with Gasteiger partial charge in [-0.05, 0) is 36.4 Å². The molecule has 0 aromatic heterocycles. The Morgan fingerprint density at radius 3 is 2.00 bits per heavy atom. The molecule has 0 bridgehead atoms. The third kappa shape index (κ3) is 2.13. The molecule has 1 heterocycles. The van der Waals surface area contributed by atoms with Gasteiger partial charge in [-0.25, -0.2) is 4.79 Å². The molecule has 1 aliphatic rings. The van der Waals surface area contributed by atoms with Gasteiger partial charge in [-0.3, -0.25) is 9.59 Å². The molecule has 0 fully saturated rings. The van der Waals surface area contributed by atoms with Crippen LogP contribution in [0.25, 0.3) is 0 Å². The summed E-state index contributed by atoms with van der Waals surface area (Å²) in [4.78, 5) is 41.1. The molecule has 5 heteroatoms.